The molecule has 1 aromatic rings. The molecule has 0 aliphatic carbocycles. The topological polar surface area (TPSA) is 43.3 Å². The third-order valence-corrected chi connectivity index (χ3v) is 4.06. The van der Waals surface area contributed by atoms with Crippen molar-refractivity contribution >= 4 is 5.91 Å². The second-order valence-corrected chi connectivity index (χ2v) is 6.76. The highest BCUT2D eigenvalue weighted by molar-refractivity contribution is 5.79. The van der Waals surface area contributed by atoms with Gasteiger partial charge in [0, 0.05) is 31.5 Å². The number of carbonyl (C=O) groups excluding carboxylic acids is 1. The van der Waals surface area contributed by atoms with Crippen LogP contribution in [0.1, 0.15) is 40.2 Å². The molecule has 4 nitrogen and oxygen atoms in total. The van der Waals surface area contributed by atoms with Crippen LogP contribution in [0.4, 0.5) is 0 Å². The summed E-state index contributed by atoms with van der Waals surface area (Å²) in [6.45, 7) is 10.0. The number of amides is 1. The third kappa shape index (κ3) is 3.42. The van der Waals surface area contributed by atoms with Crippen molar-refractivity contribution < 1.29 is 9.53 Å². The monoisotopic (exact) mass is 278 g/mol. The second-order valence-electron chi connectivity index (χ2n) is 6.76. The summed E-state index contributed by atoms with van der Waals surface area (Å²) in [4.78, 5) is 12.2. The lowest BCUT2D eigenvalue weighted by Gasteiger charge is -2.31. The van der Waals surface area contributed by atoms with Crippen molar-refractivity contribution in [2.75, 3.05) is 13.2 Å². The van der Waals surface area contributed by atoms with E-state index in [0.717, 1.165) is 13.0 Å². The standard InChI is InChI=1S/C16H26N2O2/c1-12(18-8-5-6-9-18)15(19)17-11-13-7-10-20-14(13)16(2,3)4/h5-6,8-9,12-14H,7,10-11H2,1-4H3,(H,17,19)/t12-,13+,14-/m0/s1. The zero-order valence-corrected chi connectivity index (χ0v) is 12.9. The van der Waals surface area contributed by atoms with Crippen LogP contribution >= 0.6 is 0 Å². The van der Waals surface area contributed by atoms with Crippen molar-refractivity contribution in [3.05, 3.63) is 24.5 Å². The predicted octanol–water partition coefficient (Wildman–Crippen LogP) is 2.62. The van der Waals surface area contributed by atoms with Crippen molar-refractivity contribution in [3.63, 3.8) is 0 Å². The van der Waals surface area contributed by atoms with Gasteiger partial charge in [-0.1, -0.05) is 20.8 Å². The summed E-state index contributed by atoms with van der Waals surface area (Å²) in [6, 6.07) is 3.70. The van der Waals surface area contributed by atoms with Crippen molar-refractivity contribution in [1.82, 2.24) is 9.88 Å². The number of hydrogen-bond donors (Lipinski definition) is 1. The first kappa shape index (κ1) is 15.1. The molecule has 1 saturated heterocycles. The van der Waals surface area contributed by atoms with Crippen LogP contribution in [0, 0.1) is 11.3 Å². The Hall–Kier alpha value is -1.29. The minimum absolute atomic E-state index is 0.0701. The van der Waals surface area contributed by atoms with Gasteiger partial charge in [-0.25, -0.2) is 0 Å². The van der Waals surface area contributed by atoms with Crippen LogP contribution < -0.4 is 5.32 Å². The molecule has 4 heteroatoms. The fourth-order valence-corrected chi connectivity index (χ4v) is 2.92. The summed E-state index contributed by atoms with van der Waals surface area (Å²) in [5.74, 6) is 0.483. The molecule has 2 heterocycles. The number of rotatable bonds is 4. The molecule has 0 saturated carbocycles. The van der Waals surface area contributed by atoms with Crippen LogP contribution in [-0.4, -0.2) is 29.7 Å². The Morgan fingerprint density at radius 2 is 2.05 bits per heavy atom. The molecule has 112 valence electrons. The van der Waals surface area contributed by atoms with Crippen molar-refractivity contribution in [2.45, 2.75) is 46.3 Å². The number of hydrogen-bond acceptors (Lipinski definition) is 2. The van der Waals surface area contributed by atoms with E-state index >= 15 is 0 Å². The zero-order valence-electron chi connectivity index (χ0n) is 12.9. The highest BCUT2D eigenvalue weighted by Crippen LogP contribution is 2.34. The van der Waals surface area contributed by atoms with Gasteiger partial charge in [-0.05, 0) is 30.9 Å². The summed E-state index contributed by atoms with van der Waals surface area (Å²) in [7, 11) is 0. The SMILES string of the molecule is C[C@@H](C(=O)NC[C@H]1CCO[C@@H]1C(C)(C)C)n1cccc1. The molecule has 0 unspecified atom stereocenters. The average molecular weight is 278 g/mol. The van der Waals surface area contributed by atoms with Crippen LogP contribution in [0.3, 0.4) is 0 Å². The van der Waals surface area contributed by atoms with E-state index in [1.807, 2.05) is 36.0 Å². The fourth-order valence-electron chi connectivity index (χ4n) is 2.92. The number of nitrogens with one attached hydrogen (secondary N) is 1. The summed E-state index contributed by atoms with van der Waals surface area (Å²) < 4.78 is 7.76. The van der Waals surface area contributed by atoms with Gasteiger partial charge in [0.2, 0.25) is 5.91 Å². The van der Waals surface area contributed by atoms with Crippen molar-refractivity contribution in [3.8, 4) is 0 Å². The lowest BCUT2D eigenvalue weighted by Crippen LogP contribution is -2.40. The van der Waals surface area contributed by atoms with Gasteiger partial charge in [0.1, 0.15) is 6.04 Å². The van der Waals surface area contributed by atoms with E-state index in [2.05, 4.69) is 26.1 Å². The van der Waals surface area contributed by atoms with E-state index in [0.29, 0.717) is 12.5 Å². The van der Waals surface area contributed by atoms with Crippen LogP contribution in [-0.2, 0) is 9.53 Å². The van der Waals surface area contributed by atoms with Gasteiger partial charge >= 0.3 is 0 Å². The summed E-state index contributed by atoms with van der Waals surface area (Å²) in [5.41, 5.74) is 0.123. The summed E-state index contributed by atoms with van der Waals surface area (Å²) in [6.07, 6.45) is 5.09. The molecule has 1 aliphatic rings. The van der Waals surface area contributed by atoms with Crippen LogP contribution in [0.25, 0.3) is 0 Å². The van der Waals surface area contributed by atoms with Gasteiger partial charge in [0.15, 0.2) is 0 Å². The first-order valence-corrected chi connectivity index (χ1v) is 7.41. The first-order chi connectivity index (χ1) is 9.39. The maximum Gasteiger partial charge on any atom is 0.242 e. The molecule has 0 bridgehead atoms. The average Bonchev–Trinajstić information content (AvgIpc) is 3.04. The van der Waals surface area contributed by atoms with E-state index in [1.165, 1.54) is 0 Å². The van der Waals surface area contributed by atoms with Gasteiger partial charge in [-0.3, -0.25) is 4.79 Å². The normalized spacial score (nSPS) is 24.6. The number of aromatic nitrogens is 1. The first-order valence-electron chi connectivity index (χ1n) is 7.41. The lowest BCUT2D eigenvalue weighted by atomic mass is 9.81. The highest BCUT2D eigenvalue weighted by atomic mass is 16.5. The molecule has 0 radical (unpaired) electrons. The largest absolute Gasteiger partial charge is 0.377 e. The van der Waals surface area contributed by atoms with E-state index in [1.54, 1.807) is 0 Å². The molecule has 1 amide bonds. The van der Waals surface area contributed by atoms with Crippen molar-refractivity contribution in [1.29, 1.82) is 0 Å². The number of ether oxygens (including phenoxy) is 1. The summed E-state index contributed by atoms with van der Waals surface area (Å²) in [5, 5.41) is 3.07. The number of carbonyl (C=O) groups is 1. The Morgan fingerprint density at radius 3 is 2.65 bits per heavy atom. The van der Waals surface area contributed by atoms with Gasteiger partial charge in [-0.15, -0.1) is 0 Å². The Balaban J connectivity index is 1.87. The Labute approximate surface area is 121 Å². The summed E-state index contributed by atoms with van der Waals surface area (Å²) >= 11 is 0. The molecule has 1 N–H and O–H groups in total. The third-order valence-electron chi connectivity index (χ3n) is 4.06. The van der Waals surface area contributed by atoms with Crippen LogP contribution in [0.15, 0.2) is 24.5 Å². The molecule has 1 aromatic heterocycles. The van der Waals surface area contributed by atoms with E-state index in [9.17, 15) is 4.79 Å². The second kappa shape index (κ2) is 6.00. The molecule has 20 heavy (non-hydrogen) atoms. The van der Waals surface area contributed by atoms with E-state index in [-0.39, 0.29) is 23.5 Å². The molecule has 1 aliphatic heterocycles. The Kier molecular flexibility index (Phi) is 4.53. The maximum absolute atomic E-state index is 12.2. The molecule has 2 rings (SSSR count). The lowest BCUT2D eigenvalue weighted by molar-refractivity contribution is -0.124. The molecule has 0 spiro atoms. The molecule has 0 aromatic carbocycles. The van der Waals surface area contributed by atoms with E-state index < -0.39 is 0 Å². The fraction of sp³-hybridized carbons (Fsp3) is 0.688. The zero-order chi connectivity index (χ0) is 14.8. The van der Waals surface area contributed by atoms with Crippen LogP contribution in [0.5, 0.6) is 0 Å². The Bertz CT molecular complexity index is 434. The molecule has 3 atom stereocenters. The minimum Gasteiger partial charge on any atom is -0.377 e. The maximum atomic E-state index is 12.2. The molecular weight excluding hydrogens is 252 g/mol. The highest BCUT2D eigenvalue weighted by Gasteiger charge is 2.37. The minimum atomic E-state index is -0.166. The van der Waals surface area contributed by atoms with Gasteiger partial charge in [-0.2, -0.15) is 0 Å². The van der Waals surface area contributed by atoms with Crippen molar-refractivity contribution in [2.24, 2.45) is 11.3 Å². The molecular formula is C16H26N2O2. The Morgan fingerprint density at radius 1 is 1.40 bits per heavy atom. The number of nitrogens with zero attached hydrogens (tertiary/aromatic N) is 1. The van der Waals surface area contributed by atoms with E-state index in [4.69, 9.17) is 4.74 Å². The van der Waals surface area contributed by atoms with Crippen LogP contribution in [0.2, 0.25) is 0 Å². The molecule has 1 fully saturated rings. The van der Waals surface area contributed by atoms with Gasteiger partial charge in [0.25, 0.3) is 0 Å². The van der Waals surface area contributed by atoms with Gasteiger partial charge < -0.3 is 14.6 Å². The van der Waals surface area contributed by atoms with Gasteiger partial charge in [0.05, 0.1) is 6.10 Å². The quantitative estimate of drug-likeness (QED) is 0.920. The predicted molar refractivity (Wildman–Crippen MR) is 79.5 cm³/mol. The smallest absolute Gasteiger partial charge is 0.242 e.